The average molecular weight is 527 g/mol. The van der Waals surface area contributed by atoms with Crippen molar-refractivity contribution >= 4 is 99.1 Å². The Morgan fingerprint density at radius 1 is 0.966 bits per heavy atom. The summed E-state index contributed by atoms with van der Waals surface area (Å²) in [5.41, 5.74) is 0.286. The maximum atomic E-state index is 12.3. The Morgan fingerprint density at radius 2 is 1.48 bits per heavy atom. The largest absolute Gasteiger partial charge is 0.464 e. The Balaban J connectivity index is 2.81. The molecule has 0 atom stereocenters. The number of amides is 3. The second-order valence-corrected chi connectivity index (χ2v) is 11.2. The molecule has 1 aliphatic heterocycles. The lowest BCUT2D eigenvalue weighted by Gasteiger charge is -2.29. The van der Waals surface area contributed by atoms with Gasteiger partial charge in [-0.05, 0) is 29.7 Å². The third kappa shape index (κ3) is 6.32. The highest BCUT2D eigenvalue weighted by Crippen LogP contribution is 2.43. The Labute approximate surface area is 195 Å². The zero-order valence-corrected chi connectivity index (χ0v) is 19.0. The van der Waals surface area contributed by atoms with Crippen molar-refractivity contribution in [3.8, 4) is 0 Å². The van der Waals surface area contributed by atoms with Gasteiger partial charge in [-0.25, -0.2) is 9.59 Å². The molecule has 1 aromatic carbocycles. The lowest BCUT2D eigenvalue weighted by atomic mass is 9.97. The molecule has 2 N–H and O–H groups in total. The lowest BCUT2D eigenvalue weighted by molar-refractivity contribution is -0.117. The molecular weight excluding hydrogens is 513 g/mol. The molecule has 1 saturated heterocycles. The number of rotatable bonds is 4. The molecule has 1 fully saturated rings. The van der Waals surface area contributed by atoms with Crippen LogP contribution in [0.4, 0.5) is 21.0 Å². The summed E-state index contributed by atoms with van der Waals surface area (Å²) in [5.74, 6) is -0.184. The summed E-state index contributed by atoms with van der Waals surface area (Å²) in [6, 6.07) is 2.61. The van der Waals surface area contributed by atoms with Crippen LogP contribution in [0.1, 0.15) is 24.0 Å². The highest BCUT2D eigenvalue weighted by atomic mass is 35.6. The van der Waals surface area contributed by atoms with Gasteiger partial charge in [0.05, 0.1) is 5.69 Å². The van der Waals surface area contributed by atoms with Gasteiger partial charge in [0.2, 0.25) is 5.91 Å². The predicted molar refractivity (Wildman–Crippen MR) is 115 cm³/mol. The smallest absolute Gasteiger partial charge is 0.421 e. The monoisotopic (exact) mass is 524 g/mol. The van der Waals surface area contributed by atoms with E-state index < -0.39 is 26.2 Å². The molecule has 0 spiro atoms. The Hall–Kier alpha value is -0.830. The van der Waals surface area contributed by atoms with E-state index in [0.717, 1.165) is 0 Å². The molecule has 0 aromatic heterocycles. The van der Waals surface area contributed by atoms with Crippen molar-refractivity contribution in [3.63, 3.8) is 0 Å². The highest BCUT2D eigenvalue weighted by molar-refractivity contribution is 6.68. The van der Waals surface area contributed by atoms with Crippen molar-refractivity contribution in [1.29, 1.82) is 0 Å². The van der Waals surface area contributed by atoms with Crippen LogP contribution in [0.15, 0.2) is 12.1 Å². The molecule has 160 valence electrons. The SMILES string of the molecule is O=C1CCCN1c1ccc(N(C(=O)O)C(=O)O)c(CC(Cl)(Cl)Cl)c1CC(Cl)(Cl)Cl. The molecule has 1 heterocycles. The van der Waals surface area contributed by atoms with Gasteiger partial charge >= 0.3 is 12.2 Å². The van der Waals surface area contributed by atoms with E-state index in [2.05, 4.69) is 0 Å². The van der Waals surface area contributed by atoms with Gasteiger partial charge in [0.15, 0.2) is 7.59 Å². The van der Waals surface area contributed by atoms with Crippen LogP contribution in [-0.4, -0.2) is 42.4 Å². The zero-order valence-electron chi connectivity index (χ0n) is 14.5. The first-order valence-electron chi connectivity index (χ1n) is 8.06. The normalized spacial score (nSPS) is 15.0. The minimum Gasteiger partial charge on any atom is -0.464 e. The first kappa shape index (κ1) is 24.4. The van der Waals surface area contributed by atoms with Crippen molar-refractivity contribution in [3.05, 3.63) is 23.3 Å². The summed E-state index contributed by atoms with van der Waals surface area (Å²) in [7, 11) is 0. The summed E-state index contributed by atoms with van der Waals surface area (Å²) in [6.45, 7) is 0.389. The fourth-order valence-electron chi connectivity index (χ4n) is 3.12. The van der Waals surface area contributed by atoms with E-state index in [1.165, 1.54) is 17.0 Å². The maximum absolute atomic E-state index is 12.3. The van der Waals surface area contributed by atoms with Crippen LogP contribution in [0, 0.1) is 0 Å². The van der Waals surface area contributed by atoms with E-state index in [9.17, 15) is 24.6 Å². The summed E-state index contributed by atoms with van der Waals surface area (Å²) in [6.07, 6.45) is -3.31. The van der Waals surface area contributed by atoms with Gasteiger partial charge in [-0.2, -0.15) is 4.90 Å². The van der Waals surface area contributed by atoms with Gasteiger partial charge in [0.25, 0.3) is 0 Å². The Bertz CT molecular complexity index is 822. The fraction of sp³-hybridized carbons (Fsp3) is 0.438. The second kappa shape index (κ2) is 9.12. The molecule has 0 saturated carbocycles. The molecular formula is C16H14Cl6N2O5. The standard InChI is InChI=1S/C16H14Cl6N2O5/c17-15(18,19)6-8-9(7-16(20,21)22)11(24(13(26)27)14(28)29)4-3-10(8)23-5-1-2-12(23)25/h3-4H,1-2,5-7H2,(H,26,27)(H,28,29). The van der Waals surface area contributed by atoms with E-state index in [1.54, 1.807) is 0 Å². The molecule has 1 aliphatic rings. The van der Waals surface area contributed by atoms with E-state index >= 15 is 0 Å². The average Bonchev–Trinajstić information content (AvgIpc) is 2.93. The Kier molecular flexibility index (Phi) is 7.69. The molecule has 0 aliphatic carbocycles. The summed E-state index contributed by atoms with van der Waals surface area (Å²) >= 11 is 35.7. The molecule has 0 unspecified atom stereocenters. The van der Waals surface area contributed by atoms with Gasteiger partial charge < -0.3 is 15.1 Å². The topological polar surface area (TPSA) is 98.2 Å². The zero-order chi connectivity index (χ0) is 22.1. The lowest BCUT2D eigenvalue weighted by Crippen LogP contribution is -2.36. The van der Waals surface area contributed by atoms with Crippen molar-refractivity contribution in [2.75, 3.05) is 16.3 Å². The number of halogens is 6. The van der Waals surface area contributed by atoms with E-state index in [0.29, 0.717) is 25.1 Å². The number of carbonyl (C=O) groups excluding carboxylic acids is 1. The van der Waals surface area contributed by atoms with Crippen molar-refractivity contribution in [2.45, 2.75) is 33.3 Å². The van der Waals surface area contributed by atoms with Crippen LogP contribution in [0.2, 0.25) is 0 Å². The number of alkyl halides is 6. The van der Waals surface area contributed by atoms with E-state index in [1.807, 2.05) is 0 Å². The van der Waals surface area contributed by atoms with Crippen LogP contribution < -0.4 is 9.80 Å². The third-order valence-electron chi connectivity index (χ3n) is 4.12. The minimum absolute atomic E-state index is 0.0262. The van der Waals surface area contributed by atoms with E-state index in [-0.39, 0.29) is 34.0 Å². The first-order chi connectivity index (χ1) is 13.2. The van der Waals surface area contributed by atoms with Crippen molar-refractivity contribution in [1.82, 2.24) is 0 Å². The first-order valence-corrected chi connectivity index (χ1v) is 10.3. The van der Waals surface area contributed by atoms with Crippen LogP contribution in [0.5, 0.6) is 0 Å². The van der Waals surface area contributed by atoms with Crippen LogP contribution in [0.3, 0.4) is 0 Å². The Morgan fingerprint density at radius 3 is 1.90 bits per heavy atom. The molecule has 29 heavy (non-hydrogen) atoms. The van der Waals surface area contributed by atoms with Crippen molar-refractivity contribution < 1.29 is 24.6 Å². The number of anilines is 2. The van der Waals surface area contributed by atoms with Crippen molar-refractivity contribution in [2.24, 2.45) is 0 Å². The number of carbonyl (C=O) groups is 3. The number of hydrogen-bond donors (Lipinski definition) is 2. The summed E-state index contributed by atoms with van der Waals surface area (Å²) in [4.78, 5) is 36.9. The quantitative estimate of drug-likeness (QED) is 0.483. The number of carboxylic acid groups (broad SMARTS) is 2. The van der Waals surface area contributed by atoms with Gasteiger partial charge in [-0.15, -0.1) is 0 Å². The molecule has 1 aromatic rings. The van der Waals surface area contributed by atoms with Gasteiger partial charge in [0.1, 0.15) is 0 Å². The highest BCUT2D eigenvalue weighted by Gasteiger charge is 2.36. The van der Waals surface area contributed by atoms with E-state index in [4.69, 9.17) is 69.6 Å². The molecule has 2 rings (SSSR count). The molecule has 13 heteroatoms. The van der Waals surface area contributed by atoms with Gasteiger partial charge in [-0.1, -0.05) is 69.6 Å². The summed E-state index contributed by atoms with van der Waals surface area (Å²) < 4.78 is -3.77. The number of nitrogens with zero attached hydrogens (tertiary/aromatic N) is 2. The third-order valence-corrected chi connectivity index (χ3v) is 4.93. The number of hydrogen-bond acceptors (Lipinski definition) is 3. The molecule has 0 bridgehead atoms. The summed E-state index contributed by atoms with van der Waals surface area (Å²) in [5, 5.41) is 18.7. The molecule has 0 radical (unpaired) electrons. The van der Waals surface area contributed by atoms with Crippen LogP contribution in [0.25, 0.3) is 0 Å². The molecule has 3 amide bonds. The second-order valence-electron chi connectivity index (χ2n) is 6.19. The van der Waals surface area contributed by atoms with Gasteiger partial charge in [-0.3, -0.25) is 4.79 Å². The number of imide groups is 1. The maximum Gasteiger partial charge on any atom is 0.421 e. The predicted octanol–water partition coefficient (Wildman–Crippen LogP) is 5.80. The fourth-order valence-corrected chi connectivity index (χ4v) is 3.92. The van der Waals surface area contributed by atoms with Crippen LogP contribution in [-0.2, 0) is 17.6 Å². The number of benzene rings is 1. The minimum atomic E-state index is -1.92. The molecule has 7 nitrogen and oxygen atoms in total. The van der Waals surface area contributed by atoms with Gasteiger partial charge in [0, 0.05) is 31.5 Å². The van der Waals surface area contributed by atoms with Crippen LogP contribution >= 0.6 is 69.6 Å².